The van der Waals surface area contributed by atoms with Crippen LogP contribution in [0.2, 0.25) is 10.0 Å². The van der Waals surface area contributed by atoms with E-state index < -0.39 is 5.91 Å². The standard InChI is InChI=1S/C18H15Cl2N3O3/c1-9(24)11-6-13(19)16(14(20)7-11)18(26)22-12-4-5-21-15(8-12)23-17(25)10-2-3-10/h4-8,10H,2-3H2,1H3,(H2,21,22,23,25,26). The predicted octanol–water partition coefficient (Wildman–Crippen LogP) is 4.19. The minimum atomic E-state index is -0.527. The first-order valence-corrected chi connectivity index (χ1v) is 8.69. The van der Waals surface area contributed by atoms with Crippen molar-refractivity contribution in [1.82, 2.24) is 4.98 Å². The number of nitrogens with one attached hydrogen (secondary N) is 2. The summed E-state index contributed by atoms with van der Waals surface area (Å²) in [7, 11) is 0. The van der Waals surface area contributed by atoms with Crippen LogP contribution in [0.3, 0.4) is 0 Å². The topological polar surface area (TPSA) is 88.2 Å². The highest BCUT2D eigenvalue weighted by Gasteiger charge is 2.29. The fraction of sp³-hybridized carbons (Fsp3) is 0.222. The molecule has 1 aromatic heterocycles. The maximum atomic E-state index is 12.5. The monoisotopic (exact) mass is 391 g/mol. The van der Waals surface area contributed by atoms with Gasteiger partial charge in [0.05, 0.1) is 15.6 Å². The quantitative estimate of drug-likeness (QED) is 0.747. The van der Waals surface area contributed by atoms with Gasteiger partial charge in [-0.1, -0.05) is 23.2 Å². The number of aromatic nitrogens is 1. The average Bonchev–Trinajstić information content (AvgIpc) is 3.39. The lowest BCUT2D eigenvalue weighted by Crippen LogP contribution is -2.16. The van der Waals surface area contributed by atoms with Gasteiger partial charge in [0.15, 0.2) is 5.78 Å². The molecule has 1 heterocycles. The second-order valence-corrected chi connectivity index (χ2v) is 6.83. The lowest BCUT2D eigenvalue weighted by molar-refractivity contribution is -0.117. The third-order valence-corrected chi connectivity index (χ3v) is 4.49. The Hall–Kier alpha value is -2.44. The fourth-order valence-electron chi connectivity index (χ4n) is 2.34. The number of Topliss-reactive ketones (excluding diaryl/α,β-unsaturated/α-hetero) is 1. The molecule has 2 N–H and O–H groups in total. The van der Waals surface area contributed by atoms with E-state index in [1.165, 1.54) is 25.3 Å². The summed E-state index contributed by atoms with van der Waals surface area (Å²) in [5.74, 6) is -0.408. The number of amides is 2. The maximum Gasteiger partial charge on any atom is 0.258 e. The first-order chi connectivity index (χ1) is 12.3. The van der Waals surface area contributed by atoms with Gasteiger partial charge in [-0.2, -0.15) is 0 Å². The summed E-state index contributed by atoms with van der Waals surface area (Å²) in [5.41, 5.74) is 0.822. The summed E-state index contributed by atoms with van der Waals surface area (Å²) >= 11 is 12.2. The van der Waals surface area contributed by atoms with Crippen molar-refractivity contribution in [3.8, 4) is 0 Å². The Morgan fingerprint density at radius 2 is 1.73 bits per heavy atom. The molecular weight excluding hydrogens is 377 g/mol. The molecule has 0 atom stereocenters. The maximum absolute atomic E-state index is 12.5. The number of benzene rings is 1. The minimum absolute atomic E-state index is 0.0486. The van der Waals surface area contributed by atoms with Crippen molar-refractivity contribution < 1.29 is 14.4 Å². The Morgan fingerprint density at radius 3 is 2.31 bits per heavy atom. The lowest BCUT2D eigenvalue weighted by atomic mass is 10.1. The Labute approximate surface area is 159 Å². The summed E-state index contributed by atoms with van der Waals surface area (Å²) in [6.07, 6.45) is 3.24. The molecule has 8 heteroatoms. The number of pyridine rings is 1. The van der Waals surface area contributed by atoms with Crippen molar-refractivity contribution in [3.05, 3.63) is 51.6 Å². The van der Waals surface area contributed by atoms with Gasteiger partial charge in [0.25, 0.3) is 5.91 Å². The van der Waals surface area contributed by atoms with E-state index in [-0.39, 0.29) is 33.2 Å². The van der Waals surface area contributed by atoms with E-state index in [0.29, 0.717) is 17.1 Å². The number of halogens is 2. The number of ketones is 1. The fourth-order valence-corrected chi connectivity index (χ4v) is 3.00. The molecule has 1 fully saturated rings. The predicted molar refractivity (Wildman–Crippen MR) is 100 cm³/mol. The Balaban J connectivity index is 1.77. The van der Waals surface area contributed by atoms with Gasteiger partial charge in [-0.15, -0.1) is 0 Å². The van der Waals surface area contributed by atoms with E-state index >= 15 is 0 Å². The summed E-state index contributed by atoms with van der Waals surface area (Å²) in [6.45, 7) is 1.39. The zero-order chi connectivity index (χ0) is 18.8. The highest BCUT2D eigenvalue weighted by atomic mass is 35.5. The van der Waals surface area contributed by atoms with Crippen LogP contribution in [0.1, 0.15) is 40.5 Å². The van der Waals surface area contributed by atoms with Crippen LogP contribution in [0.15, 0.2) is 30.5 Å². The van der Waals surface area contributed by atoms with Crippen molar-refractivity contribution in [1.29, 1.82) is 0 Å². The third kappa shape index (κ3) is 4.20. The first-order valence-electron chi connectivity index (χ1n) is 7.93. The molecule has 1 aliphatic rings. The van der Waals surface area contributed by atoms with Crippen molar-refractivity contribution in [2.24, 2.45) is 5.92 Å². The average molecular weight is 392 g/mol. The van der Waals surface area contributed by atoms with Gasteiger partial charge in [-0.25, -0.2) is 4.98 Å². The number of carbonyl (C=O) groups is 3. The van der Waals surface area contributed by atoms with Crippen LogP contribution in [0.5, 0.6) is 0 Å². The molecule has 134 valence electrons. The molecule has 3 rings (SSSR count). The molecule has 0 radical (unpaired) electrons. The molecule has 2 aromatic rings. The molecule has 0 saturated heterocycles. The second-order valence-electron chi connectivity index (χ2n) is 6.02. The van der Waals surface area contributed by atoms with E-state index in [9.17, 15) is 14.4 Å². The number of rotatable bonds is 5. The second kappa shape index (κ2) is 7.43. The number of hydrogen-bond acceptors (Lipinski definition) is 4. The summed E-state index contributed by atoms with van der Waals surface area (Å²) < 4.78 is 0. The van der Waals surface area contributed by atoms with Crippen LogP contribution in [0, 0.1) is 5.92 Å². The van der Waals surface area contributed by atoms with E-state index in [4.69, 9.17) is 23.2 Å². The Bertz CT molecular complexity index is 887. The van der Waals surface area contributed by atoms with Gasteiger partial charge < -0.3 is 10.6 Å². The van der Waals surface area contributed by atoms with Crippen LogP contribution in [0.4, 0.5) is 11.5 Å². The van der Waals surface area contributed by atoms with Crippen molar-refractivity contribution in [3.63, 3.8) is 0 Å². The highest BCUT2D eigenvalue weighted by Crippen LogP contribution is 2.30. The summed E-state index contributed by atoms with van der Waals surface area (Å²) in [4.78, 5) is 39.8. The SMILES string of the molecule is CC(=O)c1cc(Cl)c(C(=O)Nc2ccnc(NC(=O)C3CC3)c2)c(Cl)c1. The molecule has 1 saturated carbocycles. The van der Waals surface area contributed by atoms with Crippen LogP contribution in [-0.2, 0) is 4.79 Å². The van der Waals surface area contributed by atoms with E-state index in [0.717, 1.165) is 12.8 Å². The normalized spacial score (nSPS) is 13.2. The zero-order valence-electron chi connectivity index (χ0n) is 13.8. The van der Waals surface area contributed by atoms with Crippen LogP contribution in [-0.4, -0.2) is 22.6 Å². The van der Waals surface area contributed by atoms with Gasteiger partial charge in [-0.05, 0) is 38.0 Å². The molecule has 0 aliphatic heterocycles. The van der Waals surface area contributed by atoms with Gasteiger partial charge >= 0.3 is 0 Å². The van der Waals surface area contributed by atoms with Gasteiger partial charge in [0.1, 0.15) is 5.82 Å². The molecule has 1 aliphatic carbocycles. The van der Waals surface area contributed by atoms with E-state index in [1.807, 2.05) is 0 Å². The van der Waals surface area contributed by atoms with Gasteiger partial charge in [-0.3, -0.25) is 14.4 Å². The van der Waals surface area contributed by atoms with E-state index in [2.05, 4.69) is 15.6 Å². The molecule has 0 unspecified atom stereocenters. The third-order valence-electron chi connectivity index (χ3n) is 3.89. The zero-order valence-corrected chi connectivity index (χ0v) is 15.3. The van der Waals surface area contributed by atoms with Crippen molar-refractivity contribution >= 4 is 52.3 Å². The smallest absolute Gasteiger partial charge is 0.258 e. The number of anilines is 2. The molecule has 6 nitrogen and oxygen atoms in total. The van der Waals surface area contributed by atoms with Crippen LogP contribution < -0.4 is 10.6 Å². The van der Waals surface area contributed by atoms with Crippen LogP contribution in [0.25, 0.3) is 0 Å². The molecule has 2 amide bonds. The van der Waals surface area contributed by atoms with Crippen LogP contribution >= 0.6 is 23.2 Å². The first kappa shape index (κ1) is 18.4. The number of hydrogen-bond donors (Lipinski definition) is 2. The Kier molecular flexibility index (Phi) is 5.25. The molecular formula is C18H15Cl2N3O3. The van der Waals surface area contributed by atoms with E-state index in [1.54, 1.807) is 12.1 Å². The molecule has 1 aromatic carbocycles. The largest absolute Gasteiger partial charge is 0.322 e. The van der Waals surface area contributed by atoms with Crippen molar-refractivity contribution in [2.75, 3.05) is 10.6 Å². The van der Waals surface area contributed by atoms with Gasteiger partial charge in [0, 0.05) is 29.4 Å². The number of nitrogens with zero attached hydrogens (tertiary/aromatic N) is 1. The minimum Gasteiger partial charge on any atom is -0.322 e. The lowest BCUT2D eigenvalue weighted by Gasteiger charge is -2.11. The highest BCUT2D eigenvalue weighted by molar-refractivity contribution is 6.41. The van der Waals surface area contributed by atoms with Gasteiger partial charge in [0.2, 0.25) is 5.91 Å². The molecule has 26 heavy (non-hydrogen) atoms. The number of carbonyl (C=O) groups excluding carboxylic acids is 3. The van der Waals surface area contributed by atoms with Crippen molar-refractivity contribution in [2.45, 2.75) is 19.8 Å². The summed E-state index contributed by atoms with van der Waals surface area (Å²) in [6, 6.07) is 5.93. The Morgan fingerprint density at radius 1 is 1.08 bits per heavy atom. The summed E-state index contributed by atoms with van der Waals surface area (Å²) in [5, 5.41) is 5.53. The molecule has 0 spiro atoms. The molecule has 0 bridgehead atoms.